The molecule has 0 radical (unpaired) electrons. The van der Waals surface area contributed by atoms with Gasteiger partial charge in [0.1, 0.15) is 0 Å². The molecular weight excluding hydrogens is 325 g/mol. The summed E-state index contributed by atoms with van der Waals surface area (Å²) in [6, 6.07) is -0.431. The molecule has 1 aliphatic carbocycles. The minimum atomic E-state index is -4.13. The molecule has 0 aromatic carbocycles. The zero-order chi connectivity index (χ0) is 18.0. The molecular formula is C16H27F3N2O3. The molecule has 1 aliphatic heterocycles. The van der Waals surface area contributed by atoms with Crippen LogP contribution in [0.4, 0.5) is 18.0 Å². The van der Waals surface area contributed by atoms with Gasteiger partial charge in [0.05, 0.1) is 24.7 Å². The fourth-order valence-corrected chi connectivity index (χ4v) is 3.04. The first-order chi connectivity index (χ1) is 11.2. The predicted molar refractivity (Wildman–Crippen MR) is 82.5 cm³/mol. The zero-order valence-electron chi connectivity index (χ0n) is 14.3. The van der Waals surface area contributed by atoms with E-state index in [0.717, 1.165) is 0 Å². The maximum absolute atomic E-state index is 13.0. The Kier molecular flexibility index (Phi) is 6.01. The second-order valence-corrected chi connectivity index (χ2v) is 7.33. The number of amides is 1. The summed E-state index contributed by atoms with van der Waals surface area (Å²) >= 11 is 0. The smallest absolute Gasteiger partial charge is 0.410 e. The molecule has 2 rings (SSSR count). The Morgan fingerprint density at radius 2 is 2.00 bits per heavy atom. The average molecular weight is 352 g/mol. The topological polar surface area (TPSA) is 53.0 Å². The summed E-state index contributed by atoms with van der Waals surface area (Å²) in [7, 11) is 0. The van der Waals surface area contributed by atoms with Gasteiger partial charge in [-0.05, 0) is 31.7 Å². The van der Waals surface area contributed by atoms with Gasteiger partial charge in [0.15, 0.2) is 0 Å². The Labute approximate surface area is 140 Å². The molecule has 1 atom stereocenters. The van der Waals surface area contributed by atoms with Crippen LogP contribution in [0.2, 0.25) is 0 Å². The normalized spacial score (nSPS) is 24.3. The molecule has 2 aliphatic rings. The first-order valence-electron chi connectivity index (χ1n) is 8.52. The third-order valence-corrected chi connectivity index (χ3v) is 4.91. The molecule has 1 unspecified atom stereocenters. The SMILES string of the molecule is CC(C)COC(=O)N1CCN(CCC2(C(F)(F)F)CC2)CC1CO. The number of hydrogen-bond donors (Lipinski definition) is 1. The number of nitrogens with zero attached hydrogens (tertiary/aromatic N) is 2. The monoisotopic (exact) mass is 352 g/mol. The Hall–Kier alpha value is -1.02. The first-order valence-corrected chi connectivity index (χ1v) is 8.52. The summed E-state index contributed by atoms with van der Waals surface area (Å²) in [5, 5.41) is 9.52. The van der Waals surface area contributed by atoms with Crippen LogP contribution < -0.4 is 0 Å². The van der Waals surface area contributed by atoms with Gasteiger partial charge in [-0.1, -0.05) is 13.8 Å². The van der Waals surface area contributed by atoms with Crippen molar-refractivity contribution in [3.05, 3.63) is 0 Å². The number of hydrogen-bond acceptors (Lipinski definition) is 4. The van der Waals surface area contributed by atoms with Crippen molar-refractivity contribution in [2.45, 2.75) is 45.3 Å². The molecule has 140 valence electrons. The summed E-state index contributed by atoms with van der Waals surface area (Å²) in [6.07, 6.45) is -4.09. The Morgan fingerprint density at radius 1 is 1.33 bits per heavy atom. The predicted octanol–water partition coefficient (Wildman–Crippen LogP) is 2.49. The average Bonchev–Trinajstić information content (AvgIpc) is 3.31. The largest absolute Gasteiger partial charge is 0.449 e. The second-order valence-electron chi connectivity index (χ2n) is 7.33. The number of aliphatic hydroxyl groups is 1. The number of alkyl halides is 3. The van der Waals surface area contributed by atoms with E-state index in [9.17, 15) is 23.1 Å². The van der Waals surface area contributed by atoms with Crippen LogP contribution in [-0.2, 0) is 4.74 Å². The fourth-order valence-electron chi connectivity index (χ4n) is 3.04. The molecule has 1 N–H and O–H groups in total. The molecule has 24 heavy (non-hydrogen) atoms. The van der Waals surface area contributed by atoms with Crippen LogP contribution in [-0.4, -0.2) is 72.6 Å². The summed E-state index contributed by atoms with van der Waals surface area (Å²) in [6.45, 7) is 5.53. The molecule has 2 fully saturated rings. The lowest BCUT2D eigenvalue weighted by molar-refractivity contribution is -0.190. The van der Waals surface area contributed by atoms with Crippen molar-refractivity contribution in [2.24, 2.45) is 11.3 Å². The highest BCUT2D eigenvalue weighted by molar-refractivity contribution is 5.68. The molecule has 5 nitrogen and oxygen atoms in total. The second kappa shape index (κ2) is 7.47. The molecule has 1 heterocycles. The van der Waals surface area contributed by atoms with Gasteiger partial charge in [0.2, 0.25) is 0 Å². The quantitative estimate of drug-likeness (QED) is 0.798. The third-order valence-electron chi connectivity index (χ3n) is 4.91. The van der Waals surface area contributed by atoms with Gasteiger partial charge in [-0.2, -0.15) is 13.2 Å². The van der Waals surface area contributed by atoms with E-state index in [1.165, 1.54) is 4.90 Å². The minimum absolute atomic E-state index is 0.0897. The third kappa shape index (κ3) is 4.53. The Morgan fingerprint density at radius 3 is 2.50 bits per heavy atom. The minimum Gasteiger partial charge on any atom is -0.449 e. The highest BCUT2D eigenvalue weighted by atomic mass is 19.4. The van der Waals surface area contributed by atoms with Gasteiger partial charge in [0.25, 0.3) is 0 Å². The van der Waals surface area contributed by atoms with Gasteiger partial charge < -0.3 is 14.7 Å². The van der Waals surface area contributed by atoms with E-state index in [2.05, 4.69) is 0 Å². The number of rotatable bonds is 6. The molecule has 8 heteroatoms. The van der Waals surface area contributed by atoms with E-state index >= 15 is 0 Å². The maximum atomic E-state index is 13.0. The lowest BCUT2D eigenvalue weighted by Crippen LogP contribution is -2.57. The van der Waals surface area contributed by atoms with Crippen LogP contribution in [0.3, 0.4) is 0 Å². The molecule has 0 aromatic rings. The van der Waals surface area contributed by atoms with Crippen LogP contribution in [0, 0.1) is 11.3 Å². The van der Waals surface area contributed by atoms with Crippen molar-refractivity contribution in [2.75, 3.05) is 39.4 Å². The highest BCUT2D eigenvalue weighted by Gasteiger charge is 2.62. The number of carbonyl (C=O) groups is 1. The summed E-state index contributed by atoms with van der Waals surface area (Å²) < 4.78 is 44.1. The Bertz CT molecular complexity index is 439. The van der Waals surface area contributed by atoms with Crippen molar-refractivity contribution >= 4 is 6.09 Å². The van der Waals surface area contributed by atoms with E-state index in [0.29, 0.717) is 32.8 Å². The molecule has 1 saturated carbocycles. The van der Waals surface area contributed by atoms with Crippen molar-refractivity contribution in [1.82, 2.24) is 9.80 Å². The van der Waals surface area contributed by atoms with Gasteiger partial charge >= 0.3 is 12.3 Å². The van der Waals surface area contributed by atoms with Crippen LogP contribution in [0.5, 0.6) is 0 Å². The highest BCUT2D eigenvalue weighted by Crippen LogP contribution is 2.59. The number of carbonyl (C=O) groups excluding carboxylic acids is 1. The maximum Gasteiger partial charge on any atom is 0.410 e. The van der Waals surface area contributed by atoms with Crippen LogP contribution in [0.25, 0.3) is 0 Å². The number of aliphatic hydroxyl groups excluding tert-OH is 1. The number of piperazine rings is 1. The summed E-state index contributed by atoms with van der Waals surface area (Å²) in [5.74, 6) is 0.222. The number of ether oxygens (including phenoxy) is 1. The fraction of sp³-hybridized carbons (Fsp3) is 0.938. The summed E-state index contributed by atoms with van der Waals surface area (Å²) in [4.78, 5) is 15.4. The van der Waals surface area contributed by atoms with E-state index in [1.807, 2.05) is 18.7 Å². The van der Waals surface area contributed by atoms with Gasteiger partial charge in [-0.25, -0.2) is 4.79 Å². The van der Waals surface area contributed by atoms with E-state index in [1.54, 1.807) is 0 Å². The van der Waals surface area contributed by atoms with Gasteiger partial charge in [0, 0.05) is 19.6 Å². The zero-order valence-corrected chi connectivity index (χ0v) is 14.3. The lowest BCUT2D eigenvalue weighted by atomic mass is 10.0. The first kappa shape index (κ1) is 19.3. The molecule has 1 amide bonds. The summed E-state index contributed by atoms with van der Waals surface area (Å²) in [5.41, 5.74) is -1.50. The van der Waals surface area contributed by atoms with Crippen LogP contribution >= 0.6 is 0 Å². The lowest BCUT2D eigenvalue weighted by Gasteiger charge is -2.40. The van der Waals surface area contributed by atoms with Crippen LogP contribution in [0.1, 0.15) is 33.1 Å². The van der Waals surface area contributed by atoms with Crippen molar-refractivity contribution in [1.29, 1.82) is 0 Å². The van der Waals surface area contributed by atoms with Gasteiger partial charge in [-0.15, -0.1) is 0 Å². The standard InChI is InChI=1S/C16H27F3N2O3/c1-12(2)11-24-14(23)21-8-7-20(9-13(21)10-22)6-5-15(3-4-15)16(17,18)19/h12-13,22H,3-11H2,1-2H3. The number of halogens is 3. The molecule has 0 aromatic heterocycles. The van der Waals surface area contributed by atoms with E-state index < -0.39 is 23.7 Å². The van der Waals surface area contributed by atoms with Gasteiger partial charge in [-0.3, -0.25) is 4.90 Å². The molecule has 0 spiro atoms. The van der Waals surface area contributed by atoms with Crippen LogP contribution in [0.15, 0.2) is 0 Å². The molecule has 1 saturated heterocycles. The van der Waals surface area contributed by atoms with E-state index in [-0.39, 0.29) is 31.8 Å². The van der Waals surface area contributed by atoms with Crippen molar-refractivity contribution in [3.63, 3.8) is 0 Å². The van der Waals surface area contributed by atoms with Crippen molar-refractivity contribution in [3.8, 4) is 0 Å². The Balaban J connectivity index is 1.83. The van der Waals surface area contributed by atoms with Crippen molar-refractivity contribution < 1.29 is 27.8 Å². The van der Waals surface area contributed by atoms with E-state index in [4.69, 9.17) is 4.74 Å². The molecule has 0 bridgehead atoms.